The molecule has 0 unspecified atom stereocenters. The number of benzene rings is 1. The first-order valence-corrected chi connectivity index (χ1v) is 8.33. The van der Waals surface area contributed by atoms with Gasteiger partial charge in [0.25, 0.3) is 0 Å². The van der Waals surface area contributed by atoms with Crippen molar-refractivity contribution in [3.8, 4) is 0 Å². The molecule has 0 aliphatic carbocycles. The Balaban J connectivity index is 1.88. The van der Waals surface area contributed by atoms with Gasteiger partial charge in [0, 0.05) is 10.6 Å². The SMILES string of the molecule is CSCc1ccc(CNc2ccc(SC(F)(F)F)cc2)o1. The molecule has 1 N–H and O–H groups in total. The van der Waals surface area contributed by atoms with E-state index in [4.69, 9.17) is 4.42 Å². The molecular weight excluding hydrogens is 319 g/mol. The number of anilines is 1. The minimum atomic E-state index is -4.25. The largest absolute Gasteiger partial charge is 0.463 e. The first kappa shape index (κ1) is 16.2. The van der Waals surface area contributed by atoms with Gasteiger partial charge in [0.15, 0.2) is 0 Å². The summed E-state index contributed by atoms with van der Waals surface area (Å²) in [5, 5.41) is 3.12. The lowest BCUT2D eigenvalue weighted by Crippen LogP contribution is -2.00. The maximum absolute atomic E-state index is 12.2. The third-order valence-corrected chi connectivity index (χ3v) is 3.87. The normalized spacial score (nSPS) is 11.6. The number of rotatable bonds is 6. The van der Waals surface area contributed by atoms with Crippen LogP contribution >= 0.6 is 23.5 Å². The van der Waals surface area contributed by atoms with Crippen LogP contribution in [0.2, 0.25) is 0 Å². The van der Waals surface area contributed by atoms with Gasteiger partial charge in [0.2, 0.25) is 0 Å². The monoisotopic (exact) mass is 333 g/mol. The fraction of sp³-hybridized carbons (Fsp3) is 0.286. The highest BCUT2D eigenvalue weighted by atomic mass is 32.2. The van der Waals surface area contributed by atoms with Crippen LogP contribution < -0.4 is 5.32 Å². The minimum Gasteiger partial charge on any atom is -0.463 e. The highest BCUT2D eigenvalue weighted by molar-refractivity contribution is 8.00. The van der Waals surface area contributed by atoms with Crippen LogP contribution in [0.1, 0.15) is 11.5 Å². The van der Waals surface area contributed by atoms with Gasteiger partial charge >= 0.3 is 5.51 Å². The smallest absolute Gasteiger partial charge is 0.446 e. The van der Waals surface area contributed by atoms with Crippen LogP contribution in [0.15, 0.2) is 45.7 Å². The lowest BCUT2D eigenvalue weighted by molar-refractivity contribution is -0.0328. The summed E-state index contributed by atoms with van der Waals surface area (Å²) in [5.41, 5.74) is -3.50. The molecule has 114 valence electrons. The minimum absolute atomic E-state index is 0.116. The molecule has 0 amide bonds. The van der Waals surface area contributed by atoms with E-state index in [1.54, 1.807) is 23.9 Å². The average Bonchev–Trinajstić information content (AvgIpc) is 2.84. The Kier molecular flexibility index (Phi) is 5.52. The van der Waals surface area contributed by atoms with Gasteiger partial charge in [0.05, 0.1) is 12.3 Å². The Morgan fingerprint density at radius 2 is 1.71 bits per heavy atom. The Morgan fingerprint density at radius 3 is 2.33 bits per heavy atom. The van der Waals surface area contributed by atoms with Gasteiger partial charge in [-0.1, -0.05) is 0 Å². The van der Waals surface area contributed by atoms with Gasteiger partial charge in [-0.2, -0.15) is 24.9 Å². The van der Waals surface area contributed by atoms with Crippen LogP contribution in [0.25, 0.3) is 0 Å². The predicted octanol–water partition coefficient (Wildman–Crippen LogP) is 5.37. The zero-order valence-electron chi connectivity index (χ0n) is 11.2. The van der Waals surface area contributed by atoms with Crippen LogP contribution in [0.3, 0.4) is 0 Å². The van der Waals surface area contributed by atoms with E-state index < -0.39 is 5.51 Å². The molecule has 0 saturated heterocycles. The molecule has 0 saturated carbocycles. The van der Waals surface area contributed by atoms with Crippen molar-refractivity contribution in [2.75, 3.05) is 11.6 Å². The molecule has 0 bridgehead atoms. The van der Waals surface area contributed by atoms with Gasteiger partial charge in [-0.25, -0.2) is 0 Å². The summed E-state index contributed by atoms with van der Waals surface area (Å²) < 4.78 is 42.2. The molecule has 7 heteroatoms. The molecule has 0 fully saturated rings. The number of hydrogen-bond donors (Lipinski definition) is 1. The van der Waals surface area contributed by atoms with Crippen LogP contribution in [0.4, 0.5) is 18.9 Å². The number of furan rings is 1. The number of alkyl halides is 3. The summed E-state index contributed by atoms with van der Waals surface area (Å²) in [5.74, 6) is 2.53. The second kappa shape index (κ2) is 7.17. The van der Waals surface area contributed by atoms with Gasteiger partial charge in [-0.3, -0.25) is 0 Å². The number of nitrogens with one attached hydrogen (secondary N) is 1. The third kappa shape index (κ3) is 5.59. The van der Waals surface area contributed by atoms with E-state index in [1.165, 1.54) is 12.1 Å². The Labute approximate surface area is 129 Å². The third-order valence-electron chi connectivity index (χ3n) is 2.56. The molecule has 1 heterocycles. The number of thioether (sulfide) groups is 2. The average molecular weight is 333 g/mol. The molecular formula is C14H14F3NOS2. The van der Waals surface area contributed by atoms with E-state index in [9.17, 15) is 13.2 Å². The van der Waals surface area contributed by atoms with Crippen LogP contribution in [0.5, 0.6) is 0 Å². The standard InChI is InChI=1S/C14H14F3NOS2/c1-20-9-12-5-4-11(19-12)8-18-10-2-6-13(7-3-10)21-14(15,16)17/h2-7,18H,8-9H2,1H3. The van der Waals surface area contributed by atoms with E-state index in [0.717, 1.165) is 23.0 Å². The molecule has 0 aliphatic rings. The van der Waals surface area contributed by atoms with Crippen molar-refractivity contribution < 1.29 is 17.6 Å². The van der Waals surface area contributed by atoms with Crippen LogP contribution in [0, 0.1) is 0 Å². The highest BCUT2D eigenvalue weighted by Gasteiger charge is 2.28. The molecule has 2 nitrogen and oxygen atoms in total. The molecule has 1 aromatic carbocycles. The Hall–Kier alpha value is -1.21. The fourth-order valence-corrected chi connectivity index (χ4v) is 2.68. The van der Waals surface area contributed by atoms with E-state index >= 15 is 0 Å². The Morgan fingerprint density at radius 1 is 1.05 bits per heavy atom. The molecule has 2 rings (SSSR count). The van der Waals surface area contributed by atoms with Crippen molar-refractivity contribution >= 4 is 29.2 Å². The first-order chi connectivity index (χ1) is 9.96. The molecule has 0 aliphatic heterocycles. The van der Waals surface area contributed by atoms with Gasteiger partial charge < -0.3 is 9.73 Å². The summed E-state index contributed by atoms with van der Waals surface area (Å²) in [4.78, 5) is 0.174. The summed E-state index contributed by atoms with van der Waals surface area (Å²) in [6, 6.07) is 9.96. The topological polar surface area (TPSA) is 25.2 Å². The molecule has 0 radical (unpaired) electrons. The second-order valence-corrected chi connectivity index (χ2v) is 6.23. The van der Waals surface area contributed by atoms with Gasteiger partial charge in [-0.15, -0.1) is 0 Å². The van der Waals surface area contributed by atoms with Crippen molar-refractivity contribution in [1.29, 1.82) is 0 Å². The molecule has 2 aromatic rings. The molecule has 21 heavy (non-hydrogen) atoms. The molecule has 1 aromatic heterocycles. The lowest BCUT2D eigenvalue weighted by Gasteiger charge is -2.07. The van der Waals surface area contributed by atoms with Crippen LogP contribution in [-0.2, 0) is 12.3 Å². The van der Waals surface area contributed by atoms with Crippen molar-refractivity contribution in [2.24, 2.45) is 0 Å². The van der Waals surface area contributed by atoms with Gasteiger partial charge in [0.1, 0.15) is 11.5 Å². The molecule has 0 spiro atoms. The quantitative estimate of drug-likeness (QED) is 0.719. The summed E-state index contributed by atoms with van der Waals surface area (Å²) in [7, 11) is 0. The molecule has 0 atom stereocenters. The summed E-state index contributed by atoms with van der Waals surface area (Å²) in [6.07, 6.45) is 2.00. The Bertz CT molecular complexity index is 566. The second-order valence-electron chi connectivity index (χ2n) is 4.23. The first-order valence-electron chi connectivity index (χ1n) is 6.12. The zero-order valence-corrected chi connectivity index (χ0v) is 12.9. The van der Waals surface area contributed by atoms with Gasteiger partial charge in [-0.05, 0) is 54.4 Å². The van der Waals surface area contributed by atoms with E-state index in [0.29, 0.717) is 6.54 Å². The number of halogens is 3. The van der Waals surface area contributed by atoms with E-state index in [1.807, 2.05) is 18.4 Å². The van der Waals surface area contributed by atoms with Crippen molar-refractivity contribution in [3.63, 3.8) is 0 Å². The maximum atomic E-state index is 12.2. The summed E-state index contributed by atoms with van der Waals surface area (Å²) >= 11 is 1.56. The zero-order chi connectivity index (χ0) is 15.3. The van der Waals surface area contributed by atoms with Crippen molar-refractivity contribution in [2.45, 2.75) is 22.7 Å². The lowest BCUT2D eigenvalue weighted by atomic mass is 10.3. The van der Waals surface area contributed by atoms with Crippen LogP contribution in [-0.4, -0.2) is 11.8 Å². The van der Waals surface area contributed by atoms with Crippen molar-refractivity contribution in [3.05, 3.63) is 47.9 Å². The highest BCUT2D eigenvalue weighted by Crippen LogP contribution is 2.37. The fourth-order valence-electron chi connectivity index (χ4n) is 1.70. The van der Waals surface area contributed by atoms with E-state index in [-0.39, 0.29) is 16.7 Å². The summed E-state index contributed by atoms with van der Waals surface area (Å²) in [6.45, 7) is 0.500. The van der Waals surface area contributed by atoms with Crippen molar-refractivity contribution in [1.82, 2.24) is 0 Å². The predicted molar refractivity (Wildman–Crippen MR) is 81.6 cm³/mol. The number of hydrogen-bond acceptors (Lipinski definition) is 4. The van der Waals surface area contributed by atoms with E-state index in [2.05, 4.69) is 5.32 Å². The maximum Gasteiger partial charge on any atom is 0.446 e.